The highest BCUT2D eigenvalue weighted by Crippen LogP contribution is 2.48. The number of rotatable bonds is 7. The summed E-state index contributed by atoms with van der Waals surface area (Å²) >= 11 is 0. The Hall–Kier alpha value is -3.72. The number of imide groups is 1. The molecule has 3 aliphatic rings. The average molecular weight is 450 g/mol. The van der Waals surface area contributed by atoms with Crippen LogP contribution >= 0.6 is 0 Å². The maximum absolute atomic E-state index is 13.1. The van der Waals surface area contributed by atoms with Crippen LogP contribution in [0.5, 0.6) is 11.5 Å². The van der Waals surface area contributed by atoms with Gasteiger partial charge in [-0.25, -0.2) is 0 Å². The van der Waals surface area contributed by atoms with Gasteiger partial charge in [-0.1, -0.05) is 42.5 Å². The van der Waals surface area contributed by atoms with Crippen molar-refractivity contribution in [1.82, 2.24) is 4.90 Å². The van der Waals surface area contributed by atoms with Crippen LogP contribution in [-0.4, -0.2) is 41.0 Å². The predicted octanol–water partition coefficient (Wildman–Crippen LogP) is 3.18. The first-order valence-corrected chi connectivity index (χ1v) is 10.6. The van der Waals surface area contributed by atoms with Crippen molar-refractivity contribution in [3.63, 3.8) is 0 Å². The number of benzene rings is 2. The van der Waals surface area contributed by atoms with Crippen LogP contribution < -0.4 is 9.47 Å². The third-order valence-corrected chi connectivity index (χ3v) is 6.53. The zero-order valence-corrected chi connectivity index (χ0v) is 18.0. The number of likely N-dealkylation sites (tertiary alicyclic amines) is 1. The number of hydrogen-bond donors (Lipinski definition) is 0. The maximum atomic E-state index is 13.1. The second kappa shape index (κ2) is 8.00. The molecule has 170 valence electrons. The molecule has 3 aliphatic heterocycles. The van der Waals surface area contributed by atoms with E-state index in [-0.39, 0.29) is 41.2 Å². The van der Waals surface area contributed by atoms with Crippen molar-refractivity contribution < 1.29 is 28.7 Å². The molecule has 0 aromatic heterocycles. The molecule has 3 heterocycles. The van der Waals surface area contributed by atoms with E-state index in [1.54, 1.807) is 19.1 Å². The lowest BCUT2D eigenvalue weighted by atomic mass is 9.85. The Kier molecular flexibility index (Phi) is 5.13. The minimum Gasteiger partial charge on any atom is -0.493 e. The molecular formula is C24H22N2O7. The normalized spacial score (nSPS) is 25.9. The first-order chi connectivity index (χ1) is 15.9. The van der Waals surface area contributed by atoms with Crippen LogP contribution in [0.1, 0.15) is 24.1 Å². The summed E-state index contributed by atoms with van der Waals surface area (Å²) < 4.78 is 16.9. The number of nitrogens with zero attached hydrogens (tertiary/aromatic N) is 2. The van der Waals surface area contributed by atoms with Crippen molar-refractivity contribution in [2.24, 2.45) is 11.8 Å². The van der Waals surface area contributed by atoms with Crippen LogP contribution in [0.25, 0.3) is 0 Å². The Morgan fingerprint density at radius 1 is 1.06 bits per heavy atom. The number of ether oxygens (including phenoxy) is 3. The van der Waals surface area contributed by atoms with Crippen molar-refractivity contribution in [3.8, 4) is 11.5 Å². The number of methoxy groups -OCH3 is 1. The van der Waals surface area contributed by atoms with Crippen molar-refractivity contribution in [3.05, 3.63) is 75.9 Å². The second-order valence-electron chi connectivity index (χ2n) is 8.32. The molecule has 5 unspecified atom stereocenters. The van der Waals surface area contributed by atoms with Crippen molar-refractivity contribution in [2.75, 3.05) is 7.11 Å². The summed E-state index contributed by atoms with van der Waals surface area (Å²) in [5, 5.41) is 11.9. The molecule has 0 aliphatic carbocycles. The fraction of sp³-hybridized carbons (Fsp3) is 0.333. The zero-order chi connectivity index (χ0) is 23.3. The van der Waals surface area contributed by atoms with Crippen LogP contribution in [0, 0.1) is 22.0 Å². The highest BCUT2D eigenvalue weighted by Gasteiger charge is 2.61. The molecule has 33 heavy (non-hydrogen) atoms. The van der Waals surface area contributed by atoms with Crippen LogP contribution in [-0.2, 0) is 20.9 Å². The zero-order valence-electron chi connectivity index (χ0n) is 18.0. The monoisotopic (exact) mass is 450 g/mol. The number of nitro groups is 1. The largest absolute Gasteiger partial charge is 0.493 e. The minimum absolute atomic E-state index is 0.200. The standard InChI is InChI=1S/C24H22N2O7/c1-13(25-23(27)21-17-8-9-18(33-17)22(21)24(25)28)15-10-19(31-2)20(11-16(15)26(29)30)32-12-14-6-4-3-5-7-14/h3-11,13,17-18,21-22H,12H2,1-2H3. The van der Waals surface area contributed by atoms with E-state index in [0.717, 1.165) is 10.5 Å². The molecule has 2 amide bonds. The molecule has 9 heteroatoms. The molecule has 0 spiro atoms. The maximum Gasteiger partial charge on any atom is 0.278 e. The fourth-order valence-corrected chi connectivity index (χ4v) is 4.91. The van der Waals surface area contributed by atoms with E-state index in [1.165, 1.54) is 19.2 Å². The molecule has 2 fully saturated rings. The van der Waals surface area contributed by atoms with Crippen molar-refractivity contribution >= 4 is 17.5 Å². The molecule has 2 saturated heterocycles. The first kappa shape index (κ1) is 21.1. The van der Waals surface area contributed by atoms with E-state index < -0.39 is 35.0 Å². The van der Waals surface area contributed by atoms with Crippen molar-refractivity contribution in [2.45, 2.75) is 31.8 Å². The van der Waals surface area contributed by atoms with Gasteiger partial charge in [-0.15, -0.1) is 0 Å². The van der Waals surface area contributed by atoms with E-state index in [1.807, 2.05) is 30.3 Å². The Morgan fingerprint density at radius 2 is 1.70 bits per heavy atom. The van der Waals surface area contributed by atoms with Gasteiger partial charge in [-0.2, -0.15) is 0 Å². The number of fused-ring (bicyclic) bond motifs is 5. The van der Waals surface area contributed by atoms with Gasteiger partial charge in [0.1, 0.15) is 6.61 Å². The molecule has 2 bridgehead atoms. The number of carbonyl (C=O) groups is 2. The molecule has 2 aromatic rings. The van der Waals surface area contributed by atoms with E-state index >= 15 is 0 Å². The molecule has 9 nitrogen and oxygen atoms in total. The highest BCUT2D eigenvalue weighted by atomic mass is 16.6. The van der Waals surface area contributed by atoms with Gasteiger partial charge in [0, 0.05) is 0 Å². The third-order valence-electron chi connectivity index (χ3n) is 6.53. The lowest BCUT2D eigenvalue weighted by Crippen LogP contribution is -2.36. The summed E-state index contributed by atoms with van der Waals surface area (Å²) in [6.45, 7) is 1.81. The molecule has 0 saturated carbocycles. The SMILES string of the molecule is COc1cc(C(C)N2C(=O)C3C4C=CC(O4)C3C2=O)c([N+](=O)[O-])cc1OCc1ccccc1. The summed E-state index contributed by atoms with van der Waals surface area (Å²) in [7, 11) is 1.43. The number of hydrogen-bond acceptors (Lipinski definition) is 7. The van der Waals surface area contributed by atoms with Crippen LogP contribution in [0.15, 0.2) is 54.6 Å². The molecule has 2 aromatic carbocycles. The fourth-order valence-electron chi connectivity index (χ4n) is 4.91. The molecule has 5 atom stereocenters. The van der Waals surface area contributed by atoms with E-state index in [2.05, 4.69) is 0 Å². The summed E-state index contributed by atoms with van der Waals surface area (Å²) in [5.41, 5.74) is 0.845. The van der Waals surface area contributed by atoms with Gasteiger partial charge >= 0.3 is 0 Å². The lowest BCUT2D eigenvalue weighted by Gasteiger charge is -2.25. The Labute approximate surface area is 189 Å². The quantitative estimate of drug-likeness (QED) is 0.276. The molecule has 5 rings (SSSR count). The summed E-state index contributed by atoms with van der Waals surface area (Å²) in [6, 6.07) is 11.3. The van der Waals surface area contributed by atoms with Crippen LogP contribution in [0.4, 0.5) is 5.69 Å². The van der Waals surface area contributed by atoms with Crippen LogP contribution in [0.3, 0.4) is 0 Å². The van der Waals surface area contributed by atoms with E-state index in [9.17, 15) is 19.7 Å². The van der Waals surface area contributed by atoms with Gasteiger partial charge in [0.2, 0.25) is 11.8 Å². The highest BCUT2D eigenvalue weighted by molar-refractivity contribution is 6.07. The summed E-state index contributed by atoms with van der Waals surface area (Å²) in [6.07, 6.45) is 2.75. The van der Waals surface area contributed by atoms with Crippen LogP contribution in [0.2, 0.25) is 0 Å². The van der Waals surface area contributed by atoms with Gasteiger partial charge in [-0.05, 0) is 18.6 Å². The smallest absolute Gasteiger partial charge is 0.278 e. The number of nitro benzene ring substituents is 1. The molecule has 0 radical (unpaired) electrons. The van der Waals surface area contributed by atoms with E-state index in [4.69, 9.17) is 14.2 Å². The van der Waals surface area contributed by atoms with E-state index in [0.29, 0.717) is 0 Å². The summed E-state index contributed by atoms with van der Waals surface area (Å²) in [4.78, 5) is 38.8. The lowest BCUT2D eigenvalue weighted by molar-refractivity contribution is -0.386. The van der Waals surface area contributed by atoms with Crippen molar-refractivity contribution in [1.29, 1.82) is 0 Å². The van der Waals surface area contributed by atoms with Gasteiger partial charge in [0.25, 0.3) is 5.69 Å². The van der Waals surface area contributed by atoms with Gasteiger partial charge in [0.05, 0.1) is 53.7 Å². The first-order valence-electron chi connectivity index (χ1n) is 10.6. The number of carbonyl (C=O) groups excluding carboxylic acids is 2. The molecule has 0 N–H and O–H groups in total. The van der Waals surface area contributed by atoms with Gasteiger partial charge in [0.15, 0.2) is 11.5 Å². The average Bonchev–Trinajstić information content (AvgIpc) is 3.51. The summed E-state index contributed by atoms with van der Waals surface area (Å²) in [5.74, 6) is -1.41. The van der Waals surface area contributed by atoms with Gasteiger partial charge < -0.3 is 14.2 Å². The Bertz CT molecular complexity index is 1130. The predicted molar refractivity (Wildman–Crippen MR) is 115 cm³/mol. The Balaban J connectivity index is 1.47. The van der Waals surface area contributed by atoms with Gasteiger partial charge in [-0.3, -0.25) is 24.6 Å². The third kappa shape index (κ3) is 3.36. The Morgan fingerprint density at radius 3 is 2.27 bits per heavy atom. The second-order valence-corrected chi connectivity index (χ2v) is 8.32. The molecular weight excluding hydrogens is 428 g/mol. The number of amides is 2. The minimum atomic E-state index is -0.854. The topological polar surface area (TPSA) is 108 Å².